The Balaban J connectivity index is 1.58. The normalized spacial score (nSPS) is 15.0. The first-order chi connectivity index (χ1) is 17.8. The molecule has 1 atom stereocenters. The fourth-order valence-corrected chi connectivity index (χ4v) is 4.85. The van der Waals surface area contributed by atoms with Crippen LogP contribution in [0, 0.1) is 11.7 Å². The van der Waals surface area contributed by atoms with E-state index in [1.807, 2.05) is 56.9 Å². The summed E-state index contributed by atoms with van der Waals surface area (Å²) < 4.78 is 26.0. The van der Waals surface area contributed by atoms with Gasteiger partial charge in [-0.2, -0.15) is 0 Å². The van der Waals surface area contributed by atoms with Gasteiger partial charge in [0.15, 0.2) is 5.76 Å². The second-order valence-corrected chi connectivity index (χ2v) is 9.79. The van der Waals surface area contributed by atoms with E-state index in [1.165, 1.54) is 12.1 Å². The minimum Gasteiger partial charge on any atom is -0.486 e. The number of ether oxygens (including phenoxy) is 1. The van der Waals surface area contributed by atoms with E-state index in [0.29, 0.717) is 43.3 Å². The zero-order valence-corrected chi connectivity index (χ0v) is 22.0. The van der Waals surface area contributed by atoms with Crippen LogP contribution < -0.4 is 4.74 Å². The highest BCUT2D eigenvalue weighted by Gasteiger charge is 2.32. The van der Waals surface area contributed by atoms with Crippen LogP contribution in [0.3, 0.4) is 0 Å². The van der Waals surface area contributed by atoms with E-state index in [9.17, 15) is 14.0 Å². The highest BCUT2D eigenvalue weighted by molar-refractivity contribution is 5.91. The minimum atomic E-state index is -0.392. The summed E-state index contributed by atoms with van der Waals surface area (Å²) in [6.07, 6.45) is 1.16. The predicted molar refractivity (Wildman–Crippen MR) is 140 cm³/mol. The van der Waals surface area contributed by atoms with E-state index in [-0.39, 0.29) is 30.2 Å². The molecule has 2 heterocycles. The van der Waals surface area contributed by atoms with E-state index >= 15 is 0 Å². The molecule has 0 spiro atoms. The van der Waals surface area contributed by atoms with Crippen LogP contribution in [0.4, 0.5) is 4.39 Å². The molecule has 0 radical (unpaired) electrons. The van der Waals surface area contributed by atoms with Gasteiger partial charge in [-0.3, -0.25) is 9.59 Å². The molecule has 6 nitrogen and oxygen atoms in total. The number of carbonyl (C=O) groups is 2. The number of benzene rings is 2. The number of fused-ring (bicyclic) bond motifs is 1. The van der Waals surface area contributed by atoms with Gasteiger partial charge in [0.1, 0.15) is 23.9 Å². The first-order valence-corrected chi connectivity index (χ1v) is 13.0. The molecule has 3 aromatic rings. The van der Waals surface area contributed by atoms with Gasteiger partial charge >= 0.3 is 0 Å². The molecular weight excluding hydrogens is 471 g/mol. The SMILES string of the molecule is CCN(CC)C(=O)c1ccc(COc2ccc3c(c2)[C@H](c2cccc(F)c2)N(C(=O)CC(C)C)CC3)o1. The summed E-state index contributed by atoms with van der Waals surface area (Å²) in [5, 5.41) is 0. The lowest BCUT2D eigenvalue weighted by Gasteiger charge is -2.38. The van der Waals surface area contributed by atoms with Crippen LogP contribution in [0.2, 0.25) is 0 Å². The lowest BCUT2D eigenvalue weighted by Crippen LogP contribution is -2.41. The number of halogens is 1. The minimum absolute atomic E-state index is 0.0576. The number of nitrogens with zero attached hydrogens (tertiary/aromatic N) is 2. The average Bonchev–Trinajstić information content (AvgIpc) is 3.36. The monoisotopic (exact) mass is 506 g/mol. The molecule has 0 fully saturated rings. The van der Waals surface area contributed by atoms with Crippen LogP contribution in [0.15, 0.2) is 59.0 Å². The molecule has 0 bridgehead atoms. The molecule has 196 valence electrons. The first kappa shape index (κ1) is 26.5. The van der Waals surface area contributed by atoms with Crippen LogP contribution in [0.5, 0.6) is 5.75 Å². The summed E-state index contributed by atoms with van der Waals surface area (Å²) in [6.45, 7) is 9.86. The largest absolute Gasteiger partial charge is 0.486 e. The van der Waals surface area contributed by atoms with Gasteiger partial charge in [0.2, 0.25) is 5.91 Å². The zero-order valence-electron chi connectivity index (χ0n) is 22.0. The third-order valence-corrected chi connectivity index (χ3v) is 6.72. The molecule has 0 unspecified atom stereocenters. The molecule has 0 N–H and O–H groups in total. The lowest BCUT2D eigenvalue weighted by atomic mass is 9.87. The van der Waals surface area contributed by atoms with Crippen molar-refractivity contribution in [2.75, 3.05) is 19.6 Å². The van der Waals surface area contributed by atoms with E-state index in [0.717, 1.165) is 23.1 Å². The predicted octanol–water partition coefficient (Wildman–Crippen LogP) is 6.00. The Labute approximate surface area is 218 Å². The lowest BCUT2D eigenvalue weighted by molar-refractivity contribution is -0.134. The molecule has 7 heteroatoms. The molecular formula is C30H35FN2O4. The Kier molecular flexibility index (Phi) is 8.31. The van der Waals surface area contributed by atoms with Gasteiger partial charge in [0.05, 0.1) is 6.04 Å². The van der Waals surface area contributed by atoms with Crippen molar-refractivity contribution >= 4 is 11.8 Å². The maximum absolute atomic E-state index is 14.2. The third kappa shape index (κ3) is 6.04. The first-order valence-electron chi connectivity index (χ1n) is 13.0. The molecule has 2 aromatic carbocycles. The number of furan rings is 1. The molecule has 0 saturated heterocycles. The van der Waals surface area contributed by atoms with E-state index < -0.39 is 6.04 Å². The molecule has 2 amide bonds. The second-order valence-electron chi connectivity index (χ2n) is 9.79. The molecule has 0 saturated carbocycles. The standard InChI is InChI=1S/C30H35FN2O4/c1-5-32(6-2)30(35)27-13-12-25(37-27)19-36-24-11-10-21-14-15-33(28(34)16-20(3)4)29(26(21)18-24)22-8-7-9-23(31)17-22/h7-13,17-18,20,29H,5-6,14-16,19H2,1-4H3/t29-/m0/s1. The van der Waals surface area contributed by atoms with Crippen molar-refractivity contribution < 1.29 is 23.1 Å². The van der Waals surface area contributed by atoms with Crippen molar-refractivity contribution in [2.24, 2.45) is 5.92 Å². The fraction of sp³-hybridized carbons (Fsp3) is 0.400. The van der Waals surface area contributed by atoms with Crippen LogP contribution in [-0.2, 0) is 17.8 Å². The van der Waals surface area contributed by atoms with Crippen molar-refractivity contribution in [3.8, 4) is 5.75 Å². The molecule has 37 heavy (non-hydrogen) atoms. The summed E-state index contributed by atoms with van der Waals surface area (Å²) in [5.41, 5.74) is 2.78. The van der Waals surface area contributed by atoms with Gasteiger partial charge in [-0.1, -0.05) is 32.0 Å². The van der Waals surface area contributed by atoms with Crippen molar-refractivity contribution in [1.29, 1.82) is 0 Å². The Morgan fingerprint density at radius 2 is 1.89 bits per heavy atom. The summed E-state index contributed by atoms with van der Waals surface area (Å²) in [5.74, 6) is 1.26. The Morgan fingerprint density at radius 3 is 2.59 bits per heavy atom. The number of hydrogen-bond acceptors (Lipinski definition) is 4. The average molecular weight is 507 g/mol. The Hall–Kier alpha value is -3.61. The smallest absolute Gasteiger partial charge is 0.289 e. The number of hydrogen-bond donors (Lipinski definition) is 0. The Morgan fingerprint density at radius 1 is 1.11 bits per heavy atom. The summed E-state index contributed by atoms with van der Waals surface area (Å²) >= 11 is 0. The summed E-state index contributed by atoms with van der Waals surface area (Å²) in [4.78, 5) is 29.3. The summed E-state index contributed by atoms with van der Waals surface area (Å²) in [7, 11) is 0. The third-order valence-electron chi connectivity index (χ3n) is 6.72. The van der Waals surface area contributed by atoms with Crippen molar-refractivity contribution in [3.63, 3.8) is 0 Å². The maximum atomic E-state index is 14.2. The van der Waals surface area contributed by atoms with Crippen LogP contribution in [0.25, 0.3) is 0 Å². The second kappa shape index (κ2) is 11.6. The van der Waals surface area contributed by atoms with Gasteiger partial charge < -0.3 is 19.0 Å². The number of rotatable bonds is 9. The van der Waals surface area contributed by atoms with E-state index in [1.54, 1.807) is 23.1 Å². The Bertz CT molecular complexity index is 1250. The van der Waals surface area contributed by atoms with Gasteiger partial charge in [0.25, 0.3) is 5.91 Å². The quantitative estimate of drug-likeness (QED) is 0.357. The van der Waals surface area contributed by atoms with Gasteiger partial charge in [-0.25, -0.2) is 4.39 Å². The van der Waals surface area contributed by atoms with Crippen molar-refractivity contribution in [3.05, 3.63) is 88.6 Å². The fourth-order valence-electron chi connectivity index (χ4n) is 4.85. The number of carbonyl (C=O) groups excluding carboxylic acids is 2. The molecule has 1 aliphatic rings. The number of amides is 2. The van der Waals surface area contributed by atoms with E-state index in [2.05, 4.69) is 0 Å². The molecule has 1 aliphatic heterocycles. The van der Waals surface area contributed by atoms with E-state index in [4.69, 9.17) is 9.15 Å². The highest BCUT2D eigenvalue weighted by atomic mass is 19.1. The zero-order chi connectivity index (χ0) is 26.5. The molecule has 1 aromatic heterocycles. The highest BCUT2D eigenvalue weighted by Crippen LogP contribution is 2.38. The van der Waals surface area contributed by atoms with Crippen molar-refractivity contribution in [2.45, 2.75) is 53.2 Å². The van der Waals surface area contributed by atoms with Crippen LogP contribution >= 0.6 is 0 Å². The topological polar surface area (TPSA) is 63.0 Å². The molecule has 0 aliphatic carbocycles. The van der Waals surface area contributed by atoms with Gasteiger partial charge in [-0.05, 0) is 79.3 Å². The van der Waals surface area contributed by atoms with Crippen molar-refractivity contribution in [1.82, 2.24) is 9.80 Å². The van der Waals surface area contributed by atoms with Gasteiger partial charge in [0, 0.05) is 26.1 Å². The van der Waals surface area contributed by atoms with Crippen LogP contribution in [-0.4, -0.2) is 41.2 Å². The molecule has 4 rings (SSSR count). The van der Waals surface area contributed by atoms with Crippen LogP contribution in [0.1, 0.15) is 73.2 Å². The maximum Gasteiger partial charge on any atom is 0.289 e. The van der Waals surface area contributed by atoms with Gasteiger partial charge in [-0.15, -0.1) is 0 Å². The summed E-state index contributed by atoms with van der Waals surface area (Å²) in [6, 6.07) is 15.3.